The van der Waals surface area contributed by atoms with Crippen LogP contribution in [0.4, 0.5) is 16.2 Å². The highest BCUT2D eigenvalue weighted by Crippen LogP contribution is 2.31. The lowest BCUT2D eigenvalue weighted by atomic mass is 10.0. The Labute approximate surface area is 181 Å². The van der Waals surface area contributed by atoms with Crippen LogP contribution in [0.15, 0.2) is 42.6 Å². The van der Waals surface area contributed by atoms with Crippen LogP contribution in [0.2, 0.25) is 5.02 Å². The molecule has 0 aliphatic carbocycles. The zero-order chi connectivity index (χ0) is 21.1. The van der Waals surface area contributed by atoms with Crippen molar-refractivity contribution in [3.05, 3.63) is 53.4 Å². The number of hydrogen-bond donors (Lipinski definition) is 2. The third-order valence-corrected chi connectivity index (χ3v) is 5.78. The van der Waals surface area contributed by atoms with Gasteiger partial charge in [-0.25, -0.2) is 4.79 Å². The first-order chi connectivity index (χ1) is 14.5. The van der Waals surface area contributed by atoms with E-state index in [1.807, 2.05) is 60.8 Å². The van der Waals surface area contributed by atoms with Crippen molar-refractivity contribution in [2.24, 2.45) is 5.92 Å². The maximum Gasteiger partial charge on any atom is 0.319 e. The molecule has 2 aromatic heterocycles. The first-order valence-corrected chi connectivity index (χ1v) is 10.8. The van der Waals surface area contributed by atoms with Gasteiger partial charge in [0.1, 0.15) is 0 Å². The summed E-state index contributed by atoms with van der Waals surface area (Å²) in [7, 11) is 0. The van der Waals surface area contributed by atoms with E-state index >= 15 is 0 Å². The number of anilines is 2. The number of pyridine rings is 1. The number of nitrogens with one attached hydrogen (secondary N) is 2. The molecule has 3 aromatic rings. The molecule has 2 N–H and O–H groups in total. The number of urea groups is 1. The summed E-state index contributed by atoms with van der Waals surface area (Å²) in [6.07, 6.45) is 5.55. The summed E-state index contributed by atoms with van der Waals surface area (Å²) in [5, 5.41) is 15.1. The normalized spacial score (nSPS) is 15.4. The molecule has 1 aliphatic rings. The standard InChI is InChI=1S/C22H27ClN6O/c1-15(2)20(21-27-26-19-8-4-7-13-29(19)21)25-22(30)24-16-9-10-18(17(23)14-16)28-11-5-3-6-12-28/h4,7-10,13-15,20H,3,5-6,11-12H2,1-2H3,(H2,24,25,30). The molecule has 1 aliphatic heterocycles. The van der Waals surface area contributed by atoms with Crippen LogP contribution in [-0.2, 0) is 0 Å². The van der Waals surface area contributed by atoms with Gasteiger partial charge in [0, 0.05) is 25.0 Å². The molecule has 1 saturated heterocycles. The maximum atomic E-state index is 12.7. The number of fused-ring (bicyclic) bond motifs is 1. The molecule has 2 amide bonds. The second-order valence-electron chi connectivity index (χ2n) is 8.02. The average Bonchev–Trinajstić information content (AvgIpc) is 3.16. The fraction of sp³-hybridized carbons (Fsp3) is 0.409. The minimum Gasteiger partial charge on any atom is -0.370 e. The van der Waals surface area contributed by atoms with Crippen LogP contribution < -0.4 is 15.5 Å². The third kappa shape index (κ3) is 4.36. The lowest BCUT2D eigenvalue weighted by Crippen LogP contribution is -2.36. The van der Waals surface area contributed by atoms with Gasteiger partial charge in [-0.3, -0.25) is 4.40 Å². The minimum atomic E-state index is -0.303. The van der Waals surface area contributed by atoms with Crippen LogP contribution in [0.1, 0.15) is 45.0 Å². The fourth-order valence-corrected chi connectivity index (χ4v) is 4.19. The Morgan fingerprint density at radius 3 is 2.63 bits per heavy atom. The van der Waals surface area contributed by atoms with Crippen molar-refractivity contribution in [3.63, 3.8) is 0 Å². The van der Waals surface area contributed by atoms with Crippen molar-refractivity contribution in [2.45, 2.75) is 39.2 Å². The van der Waals surface area contributed by atoms with Crippen LogP contribution in [0.3, 0.4) is 0 Å². The predicted octanol–water partition coefficient (Wildman–Crippen LogP) is 4.89. The molecule has 0 saturated carbocycles. The van der Waals surface area contributed by atoms with Gasteiger partial charge in [0.15, 0.2) is 11.5 Å². The summed E-state index contributed by atoms with van der Waals surface area (Å²) < 4.78 is 1.90. The highest BCUT2D eigenvalue weighted by Gasteiger charge is 2.24. The Kier molecular flexibility index (Phi) is 6.08. The lowest BCUT2D eigenvalue weighted by molar-refractivity contribution is 0.243. The average molecular weight is 427 g/mol. The number of piperidine rings is 1. The van der Waals surface area contributed by atoms with Crippen LogP contribution in [0.5, 0.6) is 0 Å². The number of rotatable bonds is 5. The summed E-state index contributed by atoms with van der Waals surface area (Å²) >= 11 is 6.51. The fourth-order valence-electron chi connectivity index (χ4n) is 3.89. The van der Waals surface area contributed by atoms with E-state index in [2.05, 4.69) is 25.7 Å². The summed E-state index contributed by atoms with van der Waals surface area (Å²) in [4.78, 5) is 15.0. The Morgan fingerprint density at radius 2 is 1.90 bits per heavy atom. The van der Waals surface area contributed by atoms with Gasteiger partial charge < -0.3 is 15.5 Å². The van der Waals surface area contributed by atoms with E-state index in [9.17, 15) is 4.79 Å². The molecule has 8 heteroatoms. The van der Waals surface area contributed by atoms with Gasteiger partial charge in [0.2, 0.25) is 0 Å². The molecule has 158 valence electrons. The molecule has 1 atom stereocenters. The predicted molar refractivity (Wildman–Crippen MR) is 120 cm³/mol. The van der Waals surface area contributed by atoms with Crippen molar-refractivity contribution >= 4 is 34.7 Å². The number of aromatic nitrogens is 3. The quantitative estimate of drug-likeness (QED) is 0.609. The van der Waals surface area contributed by atoms with Crippen LogP contribution in [-0.4, -0.2) is 33.7 Å². The minimum absolute atomic E-state index is 0.133. The van der Waals surface area contributed by atoms with Gasteiger partial charge >= 0.3 is 6.03 Å². The molecule has 1 fully saturated rings. The Hall–Kier alpha value is -2.80. The van der Waals surface area contributed by atoms with E-state index in [0.29, 0.717) is 16.5 Å². The molecule has 0 spiro atoms. The van der Waals surface area contributed by atoms with Crippen molar-refractivity contribution in [3.8, 4) is 0 Å². The van der Waals surface area contributed by atoms with Crippen LogP contribution in [0, 0.1) is 5.92 Å². The second-order valence-corrected chi connectivity index (χ2v) is 8.43. The Morgan fingerprint density at radius 1 is 1.10 bits per heavy atom. The van der Waals surface area contributed by atoms with Crippen LogP contribution in [0.25, 0.3) is 5.65 Å². The highest BCUT2D eigenvalue weighted by molar-refractivity contribution is 6.33. The van der Waals surface area contributed by atoms with E-state index in [4.69, 9.17) is 11.6 Å². The molecule has 3 heterocycles. The van der Waals surface area contributed by atoms with E-state index < -0.39 is 0 Å². The molecule has 0 bridgehead atoms. The largest absolute Gasteiger partial charge is 0.370 e. The molecule has 1 unspecified atom stereocenters. The highest BCUT2D eigenvalue weighted by atomic mass is 35.5. The van der Waals surface area contributed by atoms with Gasteiger partial charge in [0.05, 0.1) is 16.8 Å². The number of carbonyl (C=O) groups excluding carboxylic acids is 1. The lowest BCUT2D eigenvalue weighted by Gasteiger charge is -2.29. The van der Waals surface area contributed by atoms with Gasteiger partial charge in [0.25, 0.3) is 0 Å². The molecule has 1 aromatic carbocycles. The number of nitrogens with zero attached hydrogens (tertiary/aromatic N) is 4. The molecule has 0 radical (unpaired) electrons. The summed E-state index contributed by atoms with van der Waals surface area (Å²) in [5.41, 5.74) is 2.43. The molecule has 30 heavy (non-hydrogen) atoms. The Balaban J connectivity index is 1.47. The zero-order valence-electron chi connectivity index (χ0n) is 17.3. The first-order valence-electron chi connectivity index (χ1n) is 10.4. The van der Waals surface area contributed by atoms with Crippen LogP contribution >= 0.6 is 11.6 Å². The number of amides is 2. The van der Waals surface area contributed by atoms with Gasteiger partial charge in [-0.1, -0.05) is 31.5 Å². The summed E-state index contributed by atoms with van der Waals surface area (Å²) in [5.74, 6) is 0.836. The van der Waals surface area contributed by atoms with Gasteiger partial charge in [-0.2, -0.15) is 0 Å². The van der Waals surface area contributed by atoms with E-state index in [0.717, 1.165) is 24.4 Å². The van der Waals surface area contributed by atoms with E-state index in [1.165, 1.54) is 19.3 Å². The van der Waals surface area contributed by atoms with Gasteiger partial charge in [-0.15, -0.1) is 10.2 Å². The first kappa shape index (κ1) is 20.5. The zero-order valence-corrected chi connectivity index (χ0v) is 18.1. The molecule has 4 rings (SSSR count). The van der Waals surface area contributed by atoms with Crippen molar-refractivity contribution in [1.82, 2.24) is 19.9 Å². The summed E-state index contributed by atoms with van der Waals surface area (Å²) in [6.45, 7) is 6.13. The number of carbonyl (C=O) groups is 1. The van der Waals surface area contributed by atoms with Gasteiger partial charge in [-0.05, 0) is 55.5 Å². The molecular weight excluding hydrogens is 400 g/mol. The molecule has 7 nitrogen and oxygen atoms in total. The third-order valence-electron chi connectivity index (χ3n) is 5.47. The van der Waals surface area contributed by atoms with Crippen molar-refractivity contribution < 1.29 is 4.79 Å². The number of halogens is 1. The topological polar surface area (TPSA) is 74.6 Å². The number of benzene rings is 1. The second kappa shape index (κ2) is 8.92. The molecular formula is C22H27ClN6O. The number of hydrogen-bond acceptors (Lipinski definition) is 4. The van der Waals surface area contributed by atoms with Crippen molar-refractivity contribution in [2.75, 3.05) is 23.3 Å². The van der Waals surface area contributed by atoms with Crippen molar-refractivity contribution in [1.29, 1.82) is 0 Å². The SMILES string of the molecule is CC(C)C(NC(=O)Nc1ccc(N2CCCCC2)c(Cl)c1)c1nnc2ccccn12. The Bertz CT molecular complexity index is 1030. The smallest absolute Gasteiger partial charge is 0.319 e. The maximum absolute atomic E-state index is 12.7. The monoisotopic (exact) mass is 426 g/mol. The summed E-state index contributed by atoms with van der Waals surface area (Å²) in [6, 6.07) is 10.8. The van der Waals surface area contributed by atoms with E-state index in [1.54, 1.807) is 0 Å². The van der Waals surface area contributed by atoms with E-state index in [-0.39, 0.29) is 18.0 Å².